The second-order valence-corrected chi connectivity index (χ2v) is 8.40. The van der Waals surface area contributed by atoms with Gasteiger partial charge in [-0.05, 0) is 37.2 Å². The first-order valence-electron chi connectivity index (χ1n) is 9.06. The monoisotopic (exact) mass is 351 g/mol. The van der Waals surface area contributed by atoms with E-state index in [-0.39, 0.29) is 5.25 Å². The average Bonchev–Trinajstić information content (AvgIpc) is 2.57. The van der Waals surface area contributed by atoms with Crippen molar-refractivity contribution in [1.82, 2.24) is 15.5 Å². The summed E-state index contributed by atoms with van der Waals surface area (Å²) in [5, 5.41) is 6.96. The van der Waals surface area contributed by atoms with Gasteiger partial charge in [-0.25, -0.2) is 0 Å². The summed E-state index contributed by atoms with van der Waals surface area (Å²) < 4.78 is 18.2. The van der Waals surface area contributed by atoms with Crippen molar-refractivity contribution in [2.24, 2.45) is 0 Å². The van der Waals surface area contributed by atoms with Gasteiger partial charge in [-0.2, -0.15) is 0 Å². The van der Waals surface area contributed by atoms with E-state index in [0.717, 1.165) is 43.4 Å². The molecule has 0 saturated carbocycles. The van der Waals surface area contributed by atoms with Gasteiger partial charge >= 0.3 is 0 Å². The van der Waals surface area contributed by atoms with Gasteiger partial charge in [-0.1, -0.05) is 13.3 Å². The van der Waals surface area contributed by atoms with Crippen LogP contribution in [0.1, 0.15) is 19.8 Å². The highest BCUT2D eigenvalue weighted by Crippen LogP contribution is 2.19. The molecule has 24 heavy (non-hydrogen) atoms. The average molecular weight is 352 g/mol. The quantitative estimate of drug-likeness (QED) is 0.738. The van der Waals surface area contributed by atoms with Crippen LogP contribution in [0.2, 0.25) is 0 Å². The third-order valence-corrected chi connectivity index (χ3v) is 6.40. The van der Waals surface area contributed by atoms with Gasteiger partial charge in [0.05, 0.1) is 22.1 Å². The number of unbranched alkanes of at least 4 members (excludes halogenated alkanes) is 1. The summed E-state index contributed by atoms with van der Waals surface area (Å²) >= 11 is 0. The van der Waals surface area contributed by atoms with Gasteiger partial charge in [0.2, 0.25) is 0 Å². The summed E-state index contributed by atoms with van der Waals surface area (Å²) in [5.41, 5.74) is 0. The molecule has 2 heterocycles. The van der Waals surface area contributed by atoms with E-state index in [9.17, 15) is 4.21 Å². The normalized spacial score (nSPS) is 23.6. The lowest BCUT2D eigenvalue weighted by Gasteiger charge is -2.33. The molecule has 6 heteroatoms. The van der Waals surface area contributed by atoms with Crippen LogP contribution in [0.3, 0.4) is 0 Å². The largest absolute Gasteiger partial charge is 0.492 e. The van der Waals surface area contributed by atoms with Gasteiger partial charge in [-0.15, -0.1) is 0 Å². The Morgan fingerprint density at radius 1 is 1.29 bits per heavy atom. The van der Waals surface area contributed by atoms with E-state index in [1.54, 1.807) is 0 Å². The molecule has 2 aliphatic heterocycles. The number of hydrogen-bond donors (Lipinski definition) is 2. The highest BCUT2D eigenvalue weighted by Gasteiger charge is 2.24. The maximum Gasteiger partial charge on any atom is 0.119 e. The molecular formula is C18H29N3O2S. The van der Waals surface area contributed by atoms with Crippen molar-refractivity contribution in [3.05, 3.63) is 24.3 Å². The predicted octanol–water partition coefficient (Wildman–Crippen LogP) is 1.22. The van der Waals surface area contributed by atoms with Crippen molar-refractivity contribution in [3.63, 3.8) is 0 Å². The van der Waals surface area contributed by atoms with Crippen LogP contribution in [0.5, 0.6) is 5.75 Å². The summed E-state index contributed by atoms with van der Waals surface area (Å²) in [6.45, 7) is 9.03. The Labute approximate surface area is 147 Å². The molecular weight excluding hydrogens is 322 g/mol. The molecule has 0 bridgehead atoms. The molecule has 1 aromatic rings. The Bertz CT molecular complexity index is 534. The molecule has 2 atom stereocenters. The topological polar surface area (TPSA) is 53.6 Å². The molecule has 0 amide bonds. The molecule has 0 aromatic heterocycles. The van der Waals surface area contributed by atoms with E-state index in [4.69, 9.17) is 4.74 Å². The fourth-order valence-electron chi connectivity index (χ4n) is 3.06. The maximum absolute atomic E-state index is 12.3. The molecule has 0 radical (unpaired) electrons. The third-order valence-electron chi connectivity index (χ3n) is 4.72. The summed E-state index contributed by atoms with van der Waals surface area (Å²) in [6.07, 6.45) is 2.51. The fourth-order valence-corrected chi connectivity index (χ4v) is 4.39. The molecule has 2 N–H and O–H groups in total. The lowest BCUT2D eigenvalue weighted by molar-refractivity contribution is 0.156. The van der Waals surface area contributed by atoms with Crippen LogP contribution < -0.4 is 15.4 Å². The molecule has 0 spiro atoms. The number of nitrogens with zero attached hydrogens (tertiary/aromatic N) is 1. The van der Waals surface area contributed by atoms with E-state index in [1.165, 1.54) is 19.4 Å². The maximum atomic E-state index is 12.3. The third kappa shape index (κ3) is 4.79. The lowest BCUT2D eigenvalue weighted by atomic mass is 10.2. The molecule has 2 fully saturated rings. The Morgan fingerprint density at radius 3 is 2.75 bits per heavy atom. The molecule has 1 aromatic carbocycles. The Balaban J connectivity index is 1.45. The lowest BCUT2D eigenvalue weighted by Crippen LogP contribution is -2.53. The zero-order valence-corrected chi connectivity index (χ0v) is 15.3. The van der Waals surface area contributed by atoms with Crippen LogP contribution in [-0.4, -0.2) is 66.3 Å². The first kappa shape index (κ1) is 17.9. The number of benzene rings is 1. The minimum absolute atomic E-state index is 0.261. The molecule has 5 nitrogen and oxygen atoms in total. The van der Waals surface area contributed by atoms with Crippen molar-refractivity contribution < 1.29 is 8.95 Å². The second kappa shape index (κ2) is 8.94. The van der Waals surface area contributed by atoms with E-state index >= 15 is 0 Å². The summed E-state index contributed by atoms with van der Waals surface area (Å²) in [7, 11) is -0.903. The SMILES string of the molecule is CCCCN1CCNC(COc2ccc(S(=O)C3CNC3)cc2)C1. The molecule has 2 aliphatic rings. The molecule has 2 saturated heterocycles. The standard InChI is InChI=1S/C18H29N3O2S/c1-2-3-9-21-10-8-20-15(13-21)14-23-16-4-6-17(7-5-16)24(22)18-11-19-12-18/h4-7,15,18-20H,2-3,8-14H2,1H3. The van der Waals surface area contributed by atoms with Crippen LogP contribution in [-0.2, 0) is 10.8 Å². The Morgan fingerprint density at radius 2 is 2.08 bits per heavy atom. The fraction of sp³-hybridized carbons (Fsp3) is 0.667. The van der Waals surface area contributed by atoms with Crippen molar-refractivity contribution in [3.8, 4) is 5.75 Å². The van der Waals surface area contributed by atoms with Gasteiger partial charge in [0.15, 0.2) is 0 Å². The first-order valence-corrected chi connectivity index (χ1v) is 10.3. The minimum Gasteiger partial charge on any atom is -0.492 e. The molecule has 0 aliphatic carbocycles. The van der Waals surface area contributed by atoms with Gasteiger partial charge in [0.25, 0.3) is 0 Å². The zero-order valence-electron chi connectivity index (χ0n) is 14.5. The molecule has 134 valence electrons. The molecule has 3 rings (SSSR count). The van der Waals surface area contributed by atoms with E-state index < -0.39 is 10.8 Å². The van der Waals surface area contributed by atoms with E-state index in [2.05, 4.69) is 22.5 Å². The van der Waals surface area contributed by atoms with Crippen LogP contribution in [0.25, 0.3) is 0 Å². The van der Waals surface area contributed by atoms with Crippen molar-refractivity contribution in [2.45, 2.75) is 36.0 Å². The van der Waals surface area contributed by atoms with E-state index in [0.29, 0.717) is 12.6 Å². The van der Waals surface area contributed by atoms with E-state index in [1.807, 2.05) is 24.3 Å². The highest BCUT2D eigenvalue weighted by molar-refractivity contribution is 7.85. The van der Waals surface area contributed by atoms with Crippen LogP contribution in [0, 0.1) is 0 Å². The minimum atomic E-state index is -0.903. The van der Waals surface area contributed by atoms with Gasteiger partial charge in [0, 0.05) is 37.6 Å². The van der Waals surface area contributed by atoms with Gasteiger partial charge < -0.3 is 20.3 Å². The summed E-state index contributed by atoms with van der Waals surface area (Å²) in [5.74, 6) is 0.856. The number of piperazine rings is 1. The van der Waals surface area contributed by atoms with Gasteiger partial charge in [0.1, 0.15) is 12.4 Å². The number of hydrogen-bond acceptors (Lipinski definition) is 5. The Kier molecular flexibility index (Phi) is 6.66. The summed E-state index contributed by atoms with van der Waals surface area (Å²) in [4.78, 5) is 3.42. The number of nitrogens with one attached hydrogen (secondary N) is 2. The Hall–Kier alpha value is -0.950. The smallest absolute Gasteiger partial charge is 0.119 e. The van der Waals surface area contributed by atoms with Gasteiger partial charge in [-0.3, -0.25) is 4.21 Å². The van der Waals surface area contributed by atoms with Crippen molar-refractivity contribution in [2.75, 3.05) is 45.9 Å². The van der Waals surface area contributed by atoms with Crippen molar-refractivity contribution >= 4 is 10.8 Å². The zero-order chi connectivity index (χ0) is 16.8. The predicted molar refractivity (Wildman–Crippen MR) is 98.1 cm³/mol. The second-order valence-electron chi connectivity index (χ2n) is 6.67. The number of ether oxygens (including phenoxy) is 1. The highest BCUT2D eigenvalue weighted by atomic mass is 32.2. The van der Waals surface area contributed by atoms with Crippen LogP contribution in [0.4, 0.5) is 0 Å². The number of rotatable bonds is 8. The molecule has 2 unspecified atom stereocenters. The first-order chi connectivity index (χ1) is 11.8. The summed E-state index contributed by atoms with van der Waals surface area (Å²) in [6, 6.07) is 8.14. The van der Waals surface area contributed by atoms with Crippen LogP contribution in [0.15, 0.2) is 29.2 Å². The van der Waals surface area contributed by atoms with Crippen LogP contribution >= 0.6 is 0 Å². The van der Waals surface area contributed by atoms with Crippen molar-refractivity contribution in [1.29, 1.82) is 0 Å².